The molecule has 7 nitrogen and oxygen atoms in total. The molecule has 0 aliphatic carbocycles. The maximum absolute atomic E-state index is 12.8. The number of ether oxygens (including phenoxy) is 1. The van der Waals surface area contributed by atoms with Crippen LogP contribution in [-0.2, 0) is 11.8 Å². The summed E-state index contributed by atoms with van der Waals surface area (Å²) in [7, 11) is 1.66. The highest BCUT2D eigenvalue weighted by molar-refractivity contribution is 5.92. The standard InChI is InChI=1S/C22H24N4O3/c1-22(7-4-10-26(15-22)20(27)19-14-23-8-9-24-19)21-25-13-18(29-21)12-16-5-3-6-17(11-16)28-2/h3,5-6,8-9,11,13-14H,4,7,10,12,15H2,1-2H3. The molecule has 0 radical (unpaired) electrons. The van der Waals surface area contributed by atoms with Gasteiger partial charge in [0.05, 0.1) is 24.9 Å². The molecular formula is C22H24N4O3. The zero-order valence-corrected chi connectivity index (χ0v) is 16.7. The highest BCUT2D eigenvalue weighted by atomic mass is 16.5. The topological polar surface area (TPSA) is 81.4 Å². The van der Waals surface area contributed by atoms with Crippen molar-refractivity contribution in [1.82, 2.24) is 19.9 Å². The number of hydrogen-bond acceptors (Lipinski definition) is 6. The number of amides is 1. The van der Waals surface area contributed by atoms with Crippen molar-refractivity contribution in [3.8, 4) is 5.75 Å². The highest BCUT2D eigenvalue weighted by Gasteiger charge is 2.39. The van der Waals surface area contributed by atoms with Crippen molar-refractivity contribution in [2.45, 2.75) is 31.6 Å². The van der Waals surface area contributed by atoms with Crippen molar-refractivity contribution >= 4 is 5.91 Å². The summed E-state index contributed by atoms with van der Waals surface area (Å²) in [5.41, 5.74) is 1.13. The van der Waals surface area contributed by atoms with Crippen LogP contribution in [0.5, 0.6) is 5.75 Å². The van der Waals surface area contributed by atoms with Gasteiger partial charge in [0.15, 0.2) is 0 Å². The van der Waals surface area contributed by atoms with E-state index in [1.807, 2.05) is 29.2 Å². The van der Waals surface area contributed by atoms with Gasteiger partial charge in [0.2, 0.25) is 5.89 Å². The van der Waals surface area contributed by atoms with E-state index >= 15 is 0 Å². The molecule has 0 saturated carbocycles. The second kappa shape index (κ2) is 8.03. The molecule has 1 unspecified atom stereocenters. The average molecular weight is 392 g/mol. The monoisotopic (exact) mass is 392 g/mol. The summed E-state index contributed by atoms with van der Waals surface area (Å²) in [5.74, 6) is 2.19. The minimum atomic E-state index is -0.331. The molecule has 1 aromatic carbocycles. The molecule has 0 spiro atoms. The van der Waals surface area contributed by atoms with E-state index in [9.17, 15) is 4.79 Å². The Bertz CT molecular complexity index is 988. The molecule has 1 atom stereocenters. The van der Waals surface area contributed by atoms with Gasteiger partial charge < -0.3 is 14.1 Å². The van der Waals surface area contributed by atoms with Crippen molar-refractivity contribution < 1.29 is 13.9 Å². The normalized spacial score (nSPS) is 19.2. The second-order valence-electron chi connectivity index (χ2n) is 7.64. The van der Waals surface area contributed by atoms with Gasteiger partial charge in [-0.15, -0.1) is 0 Å². The van der Waals surface area contributed by atoms with Crippen LogP contribution in [0.1, 0.15) is 47.5 Å². The van der Waals surface area contributed by atoms with Crippen molar-refractivity contribution in [1.29, 1.82) is 0 Å². The minimum Gasteiger partial charge on any atom is -0.497 e. The molecular weight excluding hydrogens is 368 g/mol. The first kappa shape index (κ1) is 19.1. The van der Waals surface area contributed by atoms with Crippen LogP contribution in [0.4, 0.5) is 0 Å². The van der Waals surface area contributed by atoms with Crippen LogP contribution in [0.2, 0.25) is 0 Å². The zero-order valence-electron chi connectivity index (χ0n) is 16.7. The molecule has 150 valence electrons. The number of benzene rings is 1. The Morgan fingerprint density at radius 3 is 2.97 bits per heavy atom. The molecule has 2 aromatic heterocycles. The van der Waals surface area contributed by atoms with Crippen molar-refractivity contribution in [2.75, 3.05) is 20.2 Å². The smallest absolute Gasteiger partial charge is 0.274 e. The minimum absolute atomic E-state index is 0.104. The lowest BCUT2D eigenvalue weighted by Gasteiger charge is -2.38. The molecule has 3 aromatic rings. The van der Waals surface area contributed by atoms with Crippen molar-refractivity contribution in [3.63, 3.8) is 0 Å². The summed E-state index contributed by atoms with van der Waals surface area (Å²) in [4.78, 5) is 27.3. The fourth-order valence-electron chi connectivity index (χ4n) is 3.81. The quantitative estimate of drug-likeness (QED) is 0.663. The Kier molecular flexibility index (Phi) is 5.29. The van der Waals surface area contributed by atoms with Gasteiger partial charge in [-0.1, -0.05) is 12.1 Å². The summed E-state index contributed by atoms with van der Waals surface area (Å²) in [6.07, 6.45) is 8.83. The molecule has 1 aliphatic heterocycles. The number of carbonyl (C=O) groups is 1. The van der Waals surface area contributed by atoms with E-state index in [0.717, 1.165) is 29.9 Å². The van der Waals surface area contributed by atoms with Gasteiger partial charge in [-0.25, -0.2) is 9.97 Å². The molecule has 1 fully saturated rings. The number of hydrogen-bond donors (Lipinski definition) is 0. The van der Waals surface area contributed by atoms with Crippen LogP contribution in [0.25, 0.3) is 0 Å². The van der Waals surface area contributed by atoms with Crippen LogP contribution >= 0.6 is 0 Å². The molecule has 0 N–H and O–H groups in total. The Hall–Kier alpha value is -3.22. The number of carbonyl (C=O) groups excluding carboxylic acids is 1. The van der Waals surface area contributed by atoms with Crippen LogP contribution in [0.3, 0.4) is 0 Å². The number of piperidine rings is 1. The summed E-state index contributed by atoms with van der Waals surface area (Å²) in [6, 6.07) is 7.91. The largest absolute Gasteiger partial charge is 0.497 e. The lowest BCUT2D eigenvalue weighted by atomic mass is 9.81. The molecule has 29 heavy (non-hydrogen) atoms. The number of methoxy groups -OCH3 is 1. The summed E-state index contributed by atoms with van der Waals surface area (Å²) in [5, 5.41) is 0. The lowest BCUT2D eigenvalue weighted by molar-refractivity contribution is 0.0619. The number of likely N-dealkylation sites (tertiary alicyclic amines) is 1. The average Bonchev–Trinajstić information content (AvgIpc) is 3.23. The van der Waals surface area contributed by atoms with Crippen LogP contribution in [0, 0.1) is 0 Å². The summed E-state index contributed by atoms with van der Waals surface area (Å²) in [6.45, 7) is 3.34. The molecule has 4 rings (SSSR count). The van der Waals surface area contributed by atoms with Crippen molar-refractivity contribution in [2.24, 2.45) is 0 Å². The van der Waals surface area contributed by atoms with Gasteiger partial charge in [-0.05, 0) is 37.5 Å². The van der Waals surface area contributed by atoms with Crippen LogP contribution in [-0.4, -0.2) is 46.0 Å². The Labute approximate surface area is 169 Å². The van der Waals surface area contributed by atoms with Crippen LogP contribution < -0.4 is 4.74 Å². The molecule has 1 aliphatic rings. The zero-order chi connectivity index (χ0) is 20.3. The Morgan fingerprint density at radius 2 is 2.17 bits per heavy atom. The van der Waals surface area contributed by atoms with Gasteiger partial charge >= 0.3 is 0 Å². The van der Waals surface area contributed by atoms with E-state index in [2.05, 4.69) is 21.9 Å². The van der Waals surface area contributed by atoms with Gasteiger partial charge in [-0.3, -0.25) is 9.78 Å². The predicted octanol–water partition coefficient (Wildman–Crippen LogP) is 3.26. The number of rotatable bonds is 5. The lowest BCUT2D eigenvalue weighted by Crippen LogP contribution is -2.47. The van der Waals surface area contributed by atoms with Gasteiger partial charge in [-0.2, -0.15) is 0 Å². The maximum Gasteiger partial charge on any atom is 0.274 e. The Balaban J connectivity index is 1.49. The molecule has 3 heterocycles. The maximum atomic E-state index is 12.8. The van der Waals surface area contributed by atoms with Gasteiger partial charge in [0, 0.05) is 31.9 Å². The van der Waals surface area contributed by atoms with Gasteiger partial charge in [0.1, 0.15) is 17.2 Å². The van der Waals surface area contributed by atoms with Crippen molar-refractivity contribution in [3.05, 3.63) is 72.0 Å². The first-order valence-corrected chi connectivity index (χ1v) is 9.71. The molecule has 1 amide bonds. The SMILES string of the molecule is COc1cccc(Cc2cnc(C3(C)CCCN(C(=O)c4cnccn4)C3)o2)c1. The first-order chi connectivity index (χ1) is 14.1. The number of nitrogens with zero attached hydrogens (tertiary/aromatic N) is 4. The van der Waals surface area contributed by atoms with Gasteiger partial charge in [0.25, 0.3) is 5.91 Å². The third-order valence-corrected chi connectivity index (χ3v) is 5.35. The fourth-order valence-corrected chi connectivity index (χ4v) is 3.81. The number of aromatic nitrogens is 3. The van der Waals surface area contributed by atoms with E-state index in [-0.39, 0.29) is 11.3 Å². The predicted molar refractivity (Wildman–Crippen MR) is 107 cm³/mol. The fraction of sp³-hybridized carbons (Fsp3) is 0.364. The van der Waals surface area contributed by atoms with E-state index < -0.39 is 0 Å². The third kappa shape index (κ3) is 4.13. The second-order valence-corrected chi connectivity index (χ2v) is 7.64. The first-order valence-electron chi connectivity index (χ1n) is 9.71. The Morgan fingerprint density at radius 1 is 1.28 bits per heavy atom. The third-order valence-electron chi connectivity index (χ3n) is 5.35. The summed E-state index contributed by atoms with van der Waals surface area (Å²) < 4.78 is 11.4. The van der Waals surface area contributed by atoms with Crippen LogP contribution in [0.15, 0.2) is 53.5 Å². The highest BCUT2D eigenvalue weighted by Crippen LogP contribution is 2.34. The molecule has 0 bridgehead atoms. The van der Waals surface area contributed by atoms with E-state index in [1.54, 1.807) is 19.5 Å². The number of oxazole rings is 1. The van der Waals surface area contributed by atoms with E-state index in [1.165, 1.54) is 12.4 Å². The van der Waals surface area contributed by atoms with E-state index in [4.69, 9.17) is 9.15 Å². The van der Waals surface area contributed by atoms with E-state index in [0.29, 0.717) is 31.1 Å². The summed E-state index contributed by atoms with van der Waals surface area (Å²) >= 11 is 0. The molecule has 1 saturated heterocycles. The molecule has 7 heteroatoms.